The number of aliphatic imine (C=N–C) groups is 1. The van der Waals surface area contributed by atoms with Crippen molar-refractivity contribution in [1.82, 2.24) is 9.78 Å². The first-order valence-corrected chi connectivity index (χ1v) is 9.93. The Balaban J connectivity index is 2.35. The molecule has 2 rings (SSSR count). The van der Waals surface area contributed by atoms with E-state index in [2.05, 4.69) is 42.3 Å². The predicted octanol–water partition coefficient (Wildman–Crippen LogP) is 4.80. The van der Waals surface area contributed by atoms with Crippen LogP contribution in [-0.2, 0) is 12.0 Å². The number of aliphatic hydroxyl groups is 1. The number of aromatic nitrogens is 2. The highest BCUT2D eigenvalue weighted by Gasteiger charge is 2.22. The quantitative estimate of drug-likeness (QED) is 0.378. The maximum Gasteiger partial charge on any atom is 0.209 e. The summed E-state index contributed by atoms with van der Waals surface area (Å²) in [5, 5.41) is 13.5. The number of benzene rings is 1. The second kappa shape index (κ2) is 9.61. The molecule has 0 fully saturated rings. The van der Waals surface area contributed by atoms with Crippen LogP contribution in [0.25, 0.3) is 5.70 Å². The van der Waals surface area contributed by atoms with E-state index in [1.54, 1.807) is 10.9 Å². The van der Waals surface area contributed by atoms with Crippen LogP contribution in [-0.4, -0.2) is 33.5 Å². The van der Waals surface area contributed by atoms with Gasteiger partial charge in [-0.25, -0.2) is 0 Å². The molecule has 29 heavy (non-hydrogen) atoms. The number of rotatable bonds is 9. The summed E-state index contributed by atoms with van der Waals surface area (Å²) in [5.74, 6) is -0.221. The van der Waals surface area contributed by atoms with Crippen molar-refractivity contribution in [3.63, 3.8) is 0 Å². The van der Waals surface area contributed by atoms with Crippen LogP contribution in [0.5, 0.6) is 0 Å². The Bertz CT molecular complexity index is 930. The molecule has 5 nitrogen and oxygen atoms in total. The normalized spacial score (nSPS) is 11.8. The molecule has 2 aromatic rings. The molecular weight excluding hydrogens is 362 g/mol. The fraction of sp³-hybridized carbons (Fsp3) is 0.375. The zero-order chi connectivity index (χ0) is 21.6. The molecule has 154 valence electrons. The van der Waals surface area contributed by atoms with Crippen LogP contribution in [0.4, 0.5) is 0 Å². The summed E-state index contributed by atoms with van der Waals surface area (Å²) in [7, 11) is 0. The van der Waals surface area contributed by atoms with Gasteiger partial charge in [0.1, 0.15) is 5.69 Å². The number of hydrogen-bond donors (Lipinski definition) is 1. The highest BCUT2D eigenvalue weighted by molar-refractivity contribution is 6.11. The SMILES string of the molecule is C=C(CCCO)C(=O)c1nn(C(C)(C)C)cc1/C=N/C(=C)c1cccc(CC)c1. The van der Waals surface area contributed by atoms with Gasteiger partial charge in [-0.1, -0.05) is 38.3 Å². The van der Waals surface area contributed by atoms with Crippen LogP contribution in [0.1, 0.15) is 67.7 Å². The average molecular weight is 394 g/mol. The lowest BCUT2D eigenvalue weighted by atomic mass is 10.0. The molecule has 0 bridgehead atoms. The summed E-state index contributed by atoms with van der Waals surface area (Å²) in [6.45, 7) is 16.1. The van der Waals surface area contributed by atoms with E-state index in [-0.39, 0.29) is 17.9 Å². The molecule has 0 aliphatic rings. The van der Waals surface area contributed by atoms with E-state index < -0.39 is 0 Å². The van der Waals surface area contributed by atoms with Gasteiger partial charge in [0.15, 0.2) is 0 Å². The van der Waals surface area contributed by atoms with Gasteiger partial charge in [-0.2, -0.15) is 5.10 Å². The minimum atomic E-state index is -0.278. The third-order valence-electron chi connectivity index (χ3n) is 4.63. The van der Waals surface area contributed by atoms with Gasteiger partial charge in [-0.15, -0.1) is 0 Å². The molecule has 0 saturated heterocycles. The van der Waals surface area contributed by atoms with Crippen LogP contribution in [0.2, 0.25) is 0 Å². The zero-order valence-electron chi connectivity index (χ0n) is 17.9. The molecule has 0 radical (unpaired) electrons. The van der Waals surface area contributed by atoms with Crippen LogP contribution in [0.15, 0.2) is 54.2 Å². The summed E-state index contributed by atoms with van der Waals surface area (Å²) >= 11 is 0. The lowest BCUT2D eigenvalue weighted by molar-refractivity contribution is 0.102. The van der Waals surface area contributed by atoms with E-state index >= 15 is 0 Å². The number of allylic oxidation sites excluding steroid dienone is 1. The van der Waals surface area contributed by atoms with Crippen LogP contribution in [0, 0.1) is 0 Å². The van der Waals surface area contributed by atoms with Crippen molar-refractivity contribution < 1.29 is 9.90 Å². The third-order valence-corrected chi connectivity index (χ3v) is 4.63. The molecule has 0 unspecified atom stereocenters. The van der Waals surface area contributed by atoms with Gasteiger partial charge in [0.2, 0.25) is 5.78 Å². The highest BCUT2D eigenvalue weighted by atomic mass is 16.3. The van der Waals surface area contributed by atoms with E-state index in [4.69, 9.17) is 5.11 Å². The Morgan fingerprint density at radius 2 is 2.03 bits per heavy atom. The number of aryl methyl sites for hydroxylation is 1. The predicted molar refractivity (Wildman–Crippen MR) is 119 cm³/mol. The van der Waals surface area contributed by atoms with E-state index in [0.29, 0.717) is 35.4 Å². The maximum absolute atomic E-state index is 12.9. The van der Waals surface area contributed by atoms with Gasteiger partial charge in [-0.3, -0.25) is 14.5 Å². The highest BCUT2D eigenvalue weighted by Crippen LogP contribution is 2.21. The molecule has 0 aliphatic carbocycles. The van der Waals surface area contributed by atoms with Gasteiger partial charge < -0.3 is 5.11 Å². The number of Topliss-reactive ketones (excluding diaryl/α,β-unsaturated/α-hetero) is 1. The fourth-order valence-corrected chi connectivity index (χ4v) is 2.77. The van der Waals surface area contributed by atoms with Crippen molar-refractivity contribution in [2.24, 2.45) is 4.99 Å². The van der Waals surface area contributed by atoms with Gasteiger partial charge >= 0.3 is 0 Å². The first-order valence-electron chi connectivity index (χ1n) is 9.93. The molecule has 1 aromatic heterocycles. The number of nitrogens with zero attached hydrogens (tertiary/aromatic N) is 3. The smallest absolute Gasteiger partial charge is 0.209 e. The Morgan fingerprint density at radius 1 is 1.31 bits per heavy atom. The summed E-state index contributed by atoms with van der Waals surface area (Å²) in [6.07, 6.45) is 5.34. The van der Waals surface area contributed by atoms with E-state index in [0.717, 1.165) is 12.0 Å². The molecule has 1 aromatic carbocycles. The number of ketones is 1. The van der Waals surface area contributed by atoms with E-state index in [1.165, 1.54) is 5.56 Å². The molecular formula is C24H31N3O2. The first-order chi connectivity index (χ1) is 13.7. The van der Waals surface area contributed by atoms with Crippen molar-refractivity contribution >= 4 is 17.7 Å². The van der Waals surface area contributed by atoms with Crippen molar-refractivity contribution in [3.05, 3.63) is 71.6 Å². The molecule has 0 saturated carbocycles. The van der Waals surface area contributed by atoms with Crippen LogP contribution in [0.3, 0.4) is 0 Å². The standard InChI is InChI=1S/C24H31N3O2/c1-7-19-11-8-12-20(14-19)18(3)25-15-21-16-27(24(4,5)6)26-22(21)23(29)17(2)10-9-13-28/h8,11-12,14-16,28H,2-3,7,9-10,13H2,1,4-6H3/b25-15+. The summed E-state index contributed by atoms with van der Waals surface area (Å²) in [5.41, 5.74) is 3.90. The topological polar surface area (TPSA) is 67.5 Å². The molecule has 0 aliphatic heterocycles. The molecule has 0 amide bonds. The second-order valence-electron chi connectivity index (χ2n) is 8.07. The summed E-state index contributed by atoms with van der Waals surface area (Å²) in [4.78, 5) is 17.4. The Hall–Kier alpha value is -2.79. The third kappa shape index (κ3) is 5.84. The lowest BCUT2D eigenvalue weighted by Crippen LogP contribution is -2.22. The van der Waals surface area contributed by atoms with Gasteiger partial charge in [0.05, 0.1) is 11.2 Å². The largest absolute Gasteiger partial charge is 0.396 e. The fourth-order valence-electron chi connectivity index (χ4n) is 2.77. The van der Waals surface area contributed by atoms with Gasteiger partial charge in [0.25, 0.3) is 0 Å². The summed E-state index contributed by atoms with van der Waals surface area (Å²) in [6, 6.07) is 8.11. The number of hydrogen-bond acceptors (Lipinski definition) is 4. The van der Waals surface area contributed by atoms with Crippen LogP contribution >= 0.6 is 0 Å². The number of aliphatic hydroxyl groups excluding tert-OH is 1. The van der Waals surface area contributed by atoms with E-state index in [1.807, 2.05) is 39.1 Å². The van der Waals surface area contributed by atoms with Crippen molar-refractivity contribution in [3.8, 4) is 0 Å². The number of carbonyl (C=O) groups excluding carboxylic acids is 1. The molecule has 1 N–H and O–H groups in total. The van der Waals surface area contributed by atoms with Crippen molar-refractivity contribution in [2.75, 3.05) is 6.61 Å². The zero-order valence-corrected chi connectivity index (χ0v) is 17.9. The first kappa shape index (κ1) is 22.5. The molecule has 0 spiro atoms. The Kier molecular flexibility index (Phi) is 7.46. The average Bonchev–Trinajstić information content (AvgIpc) is 3.14. The monoisotopic (exact) mass is 393 g/mol. The van der Waals surface area contributed by atoms with Gasteiger partial charge in [-0.05, 0) is 62.8 Å². The van der Waals surface area contributed by atoms with E-state index in [9.17, 15) is 4.79 Å². The minimum Gasteiger partial charge on any atom is -0.396 e. The Morgan fingerprint density at radius 3 is 2.66 bits per heavy atom. The maximum atomic E-state index is 12.9. The second-order valence-corrected chi connectivity index (χ2v) is 8.07. The van der Waals surface area contributed by atoms with Crippen LogP contribution < -0.4 is 0 Å². The lowest BCUT2D eigenvalue weighted by Gasteiger charge is -2.18. The molecule has 1 heterocycles. The summed E-state index contributed by atoms with van der Waals surface area (Å²) < 4.78 is 1.77. The van der Waals surface area contributed by atoms with Gasteiger partial charge in [0, 0.05) is 24.6 Å². The Labute approximate surface area is 173 Å². The number of carbonyl (C=O) groups is 1. The molecule has 0 atom stereocenters. The molecule has 5 heteroatoms. The minimum absolute atomic E-state index is 0.0215. The van der Waals surface area contributed by atoms with Crippen molar-refractivity contribution in [2.45, 2.75) is 52.5 Å². The van der Waals surface area contributed by atoms with Crippen molar-refractivity contribution in [1.29, 1.82) is 0 Å².